The molecular formula is C19H16NO3S-. The number of sulfonamides is 1. The predicted molar refractivity (Wildman–Crippen MR) is 93.6 cm³/mol. The van der Waals surface area contributed by atoms with E-state index in [9.17, 15) is 13.6 Å². The minimum atomic E-state index is -4.16. The summed E-state index contributed by atoms with van der Waals surface area (Å²) in [6.45, 7) is 0. The highest BCUT2D eigenvalue weighted by Crippen LogP contribution is 2.32. The average Bonchev–Trinajstić information content (AvgIpc) is 2.64. The van der Waals surface area contributed by atoms with Crippen molar-refractivity contribution in [3.63, 3.8) is 0 Å². The van der Waals surface area contributed by atoms with Crippen LogP contribution >= 0.6 is 0 Å². The summed E-state index contributed by atoms with van der Waals surface area (Å²) >= 11 is 0. The van der Waals surface area contributed by atoms with E-state index in [1.165, 1.54) is 12.1 Å². The first-order valence-corrected chi connectivity index (χ1v) is 8.91. The molecule has 5 heteroatoms. The highest BCUT2D eigenvalue weighted by Gasteiger charge is 2.26. The summed E-state index contributed by atoms with van der Waals surface area (Å²) in [7, 11) is -4.16. The van der Waals surface area contributed by atoms with Crippen molar-refractivity contribution in [2.45, 2.75) is 10.9 Å². The van der Waals surface area contributed by atoms with Crippen molar-refractivity contribution < 1.29 is 8.42 Å². The van der Waals surface area contributed by atoms with E-state index >= 15 is 0 Å². The highest BCUT2D eigenvalue weighted by atomic mass is 32.2. The van der Waals surface area contributed by atoms with E-state index in [0.717, 1.165) is 0 Å². The third-order valence-corrected chi connectivity index (χ3v) is 5.27. The van der Waals surface area contributed by atoms with Crippen molar-refractivity contribution in [1.82, 2.24) is 4.47 Å². The van der Waals surface area contributed by atoms with Crippen LogP contribution in [0.3, 0.4) is 0 Å². The molecule has 0 spiro atoms. The molecular weight excluding hydrogens is 322 g/mol. The molecule has 0 heterocycles. The molecule has 122 valence electrons. The third kappa shape index (κ3) is 3.23. The number of hydrogen-bond acceptors (Lipinski definition) is 3. The maximum absolute atomic E-state index is 12.9. The van der Waals surface area contributed by atoms with E-state index in [-0.39, 0.29) is 9.36 Å². The molecule has 0 aromatic heterocycles. The van der Waals surface area contributed by atoms with Gasteiger partial charge in [0, 0.05) is 0 Å². The largest absolute Gasteiger partial charge is 0.771 e. The molecule has 0 atom stereocenters. The standard InChI is InChI=1S/C19H16NO3S/c21-20(24(22,23)18-14-8-3-9-15-18)19(16-10-4-1-5-11-16)17-12-6-2-7-13-17/h1-15,19H/q-1. The monoisotopic (exact) mass is 338 g/mol. The van der Waals surface area contributed by atoms with E-state index in [1.807, 2.05) is 12.1 Å². The van der Waals surface area contributed by atoms with Crippen molar-refractivity contribution in [3.05, 3.63) is 107 Å². The first-order valence-electron chi connectivity index (χ1n) is 7.47. The van der Waals surface area contributed by atoms with Crippen molar-refractivity contribution in [2.75, 3.05) is 0 Å². The Morgan fingerprint density at radius 3 is 1.46 bits per heavy atom. The maximum atomic E-state index is 12.9. The van der Waals surface area contributed by atoms with Gasteiger partial charge in [0.2, 0.25) is 10.0 Å². The lowest BCUT2D eigenvalue weighted by Crippen LogP contribution is -2.30. The first kappa shape index (κ1) is 16.4. The molecule has 0 saturated heterocycles. The van der Waals surface area contributed by atoms with Crippen LogP contribution in [0.5, 0.6) is 0 Å². The number of hydroxylamine groups is 1. The fourth-order valence-electron chi connectivity index (χ4n) is 2.54. The van der Waals surface area contributed by atoms with Gasteiger partial charge < -0.3 is 5.21 Å². The molecule has 3 rings (SSSR count). The lowest BCUT2D eigenvalue weighted by Gasteiger charge is -2.36. The quantitative estimate of drug-likeness (QED) is 0.662. The predicted octanol–water partition coefficient (Wildman–Crippen LogP) is 3.96. The van der Waals surface area contributed by atoms with Crippen LogP contribution in [0.4, 0.5) is 0 Å². The Bertz CT molecular complexity index is 842. The Hall–Kier alpha value is -2.47. The van der Waals surface area contributed by atoms with Crippen LogP contribution in [0.1, 0.15) is 17.2 Å². The van der Waals surface area contributed by atoms with Gasteiger partial charge in [-0.2, -0.15) is 0 Å². The smallest absolute Gasteiger partial charge is 0.232 e. The van der Waals surface area contributed by atoms with Crippen LogP contribution in [0.25, 0.3) is 0 Å². The van der Waals surface area contributed by atoms with E-state index in [2.05, 4.69) is 0 Å². The summed E-state index contributed by atoms with van der Waals surface area (Å²) in [5.74, 6) is 0. The maximum Gasteiger partial charge on any atom is 0.232 e. The van der Waals surface area contributed by atoms with E-state index in [0.29, 0.717) is 11.1 Å². The summed E-state index contributed by atoms with van der Waals surface area (Å²) in [4.78, 5) is -0.0168. The Labute approximate surface area is 141 Å². The van der Waals surface area contributed by atoms with Gasteiger partial charge in [0.05, 0.1) is 10.9 Å². The van der Waals surface area contributed by atoms with Crippen molar-refractivity contribution in [1.29, 1.82) is 0 Å². The number of rotatable bonds is 5. The van der Waals surface area contributed by atoms with Crippen molar-refractivity contribution in [2.24, 2.45) is 0 Å². The second-order valence-electron chi connectivity index (χ2n) is 5.30. The summed E-state index contributed by atoms with van der Waals surface area (Å²) in [5, 5.41) is 12.9. The molecule has 0 saturated carbocycles. The summed E-state index contributed by atoms with van der Waals surface area (Å²) in [6, 6.07) is 24.6. The fourth-order valence-corrected chi connectivity index (χ4v) is 3.77. The van der Waals surface area contributed by atoms with Crippen LogP contribution in [-0.4, -0.2) is 12.9 Å². The molecule has 0 amide bonds. The molecule has 3 aromatic carbocycles. The summed E-state index contributed by atoms with van der Waals surface area (Å²) < 4.78 is 25.7. The normalized spacial score (nSPS) is 11.8. The van der Waals surface area contributed by atoms with Gasteiger partial charge in [0.1, 0.15) is 0 Å². The molecule has 0 bridgehead atoms. The lowest BCUT2D eigenvalue weighted by atomic mass is 10.00. The third-order valence-electron chi connectivity index (χ3n) is 3.72. The Balaban J connectivity index is 2.09. The van der Waals surface area contributed by atoms with E-state index < -0.39 is 16.1 Å². The van der Waals surface area contributed by atoms with Gasteiger partial charge in [-0.1, -0.05) is 78.9 Å². The highest BCUT2D eigenvalue weighted by molar-refractivity contribution is 7.89. The molecule has 0 aliphatic rings. The minimum absolute atomic E-state index is 0.0168. The van der Waals surface area contributed by atoms with Gasteiger partial charge >= 0.3 is 0 Å². The van der Waals surface area contributed by atoms with Gasteiger partial charge in [-0.05, 0) is 23.3 Å². The molecule has 4 nitrogen and oxygen atoms in total. The number of hydrogen-bond donors (Lipinski definition) is 0. The molecule has 24 heavy (non-hydrogen) atoms. The zero-order valence-corrected chi connectivity index (χ0v) is 13.6. The topological polar surface area (TPSA) is 60.4 Å². The summed E-state index contributed by atoms with van der Waals surface area (Å²) in [5.41, 5.74) is 1.25. The van der Waals surface area contributed by atoms with Crippen molar-refractivity contribution in [3.8, 4) is 0 Å². The Kier molecular flexibility index (Phi) is 4.76. The molecule has 0 fully saturated rings. The second kappa shape index (κ2) is 6.97. The van der Waals surface area contributed by atoms with Gasteiger partial charge in [-0.15, -0.1) is 0 Å². The van der Waals surface area contributed by atoms with Gasteiger partial charge in [0.25, 0.3) is 0 Å². The molecule has 0 N–H and O–H groups in total. The summed E-state index contributed by atoms with van der Waals surface area (Å²) in [6.07, 6.45) is 0. The van der Waals surface area contributed by atoms with Crippen molar-refractivity contribution >= 4 is 10.0 Å². The lowest BCUT2D eigenvalue weighted by molar-refractivity contribution is 0.451. The zero-order chi connectivity index (χ0) is 17.0. The molecule has 0 aliphatic carbocycles. The van der Waals surface area contributed by atoms with Crippen LogP contribution in [-0.2, 0) is 10.0 Å². The minimum Gasteiger partial charge on any atom is -0.771 e. The Morgan fingerprint density at radius 2 is 1.04 bits per heavy atom. The van der Waals surface area contributed by atoms with Gasteiger partial charge in [-0.3, -0.25) is 4.47 Å². The SMILES string of the molecule is O=S(=O)(c1ccccc1)N([O-])C(c1ccccc1)c1ccccc1. The van der Waals surface area contributed by atoms with E-state index in [1.54, 1.807) is 66.7 Å². The van der Waals surface area contributed by atoms with Crippen LogP contribution in [0, 0.1) is 5.21 Å². The zero-order valence-electron chi connectivity index (χ0n) is 12.8. The molecule has 0 unspecified atom stereocenters. The number of nitrogens with zero attached hydrogens (tertiary/aromatic N) is 1. The van der Waals surface area contributed by atoms with Crippen LogP contribution in [0.15, 0.2) is 95.9 Å². The molecule has 3 aromatic rings. The van der Waals surface area contributed by atoms with Crippen LogP contribution in [0.2, 0.25) is 0 Å². The van der Waals surface area contributed by atoms with E-state index in [4.69, 9.17) is 0 Å². The fraction of sp³-hybridized carbons (Fsp3) is 0.0526. The molecule has 0 aliphatic heterocycles. The molecule has 0 radical (unpaired) electrons. The first-order chi connectivity index (χ1) is 11.6. The Morgan fingerprint density at radius 1 is 0.667 bits per heavy atom. The van der Waals surface area contributed by atoms with Gasteiger partial charge in [-0.25, -0.2) is 8.42 Å². The number of benzene rings is 3. The average molecular weight is 338 g/mol. The van der Waals surface area contributed by atoms with Gasteiger partial charge in [0.15, 0.2) is 0 Å². The second-order valence-corrected chi connectivity index (χ2v) is 7.08. The van der Waals surface area contributed by atoms with Crippen LogP contribution < -0.4 is 0 Å².